The SMILES string of the molecule is CC(C)[C@H](NC(=O)CCN1CC=CC1=O)C(=O)N[C@@H](C)C(=O)Nc1ccc(CN=[N+](C)N)cc1. The molecule has 1 heterocycles. The number of nitrogens with zero attached hydrogens (tertiary/aromatic N) is 3. The number of rotatable bonds is 11. The molecule has 2 atom stereocenters. The van der Waals surface area contributed by atoms with Crippen LogP contribution in [0, 0.1) is 5.92 Å². The summed E-state index contributed by atoms with van der Waals surface area (Å²) in [6.45, 7) is 6.36. The molecule has 1 aliphatic heterocycles. The van der Waals surface area contributed by atoms with Crippen LogP contribution < -0.4 is 21.8 Å². The van der Waals surface area contributed by atoms with E-state index >= 15 is 0 Å². The van der Waals surface area contributed by atoms with Gasteiger partial charge >= 0.3 is 0 Å². The third-order valence-electron chi connectivity index (χ3n) is 5.22. The normalized spacial score (nSPS) is 15.3. The van der Waals surface area contributed by atoms with Gasteiger partial charge in [-0.3, -0.25) is 19.2 Å². The first-order chi connectivity index (χ1) is 16.1. The van der Waals surface area contributed by atoms with Crippen LogP contribution in [-0.2, 0) is 25.7 Å². The molecule has 0 spiro atoms. The van der Waals surface area contributed by atoms with Crippen LogP contribution >= 0.6 is 0 Å². The maximum Gasteiger partial charge on any atom is 0.246 e. The zero-order valence-electron chi connectivity index (χ0n) is 20.1. The summed E-state index contributed by atoms with van der Waals surface area (Å²) in [7, 11) is 1.63. The van der Waals surface area contributed by atoms with Crippen LogP contribution in [0.15, 0.2) is 41.5 Å². The predicted octanol–water partition coefficient (Wildman–Crippen LogP) is 0.527. The number of nitrogens with one attached hydrogen (secondary N) is 3. The topological polar surface area (TPSA) is 149 Å². The van der Waals surface area contributed by atoms with Gasteiger partial charge in [0.2, 0.25) is 23.6 Å². The molecule has 1 aromatic carbocycles. The van der Waals surface area contributed by atoms with Gasteiger partial charge in [-0.1, -0.05) is 32.1 Å². The summed E-state index contributed by atoms with van der Waals surface area (Å²) >= 11 is 0. The van der Waals surface area contributed by atoms with Gasteiger partial charge in [-0.25, -0.2) is 0 Å². The summed E-state index contributed by atoms with van der Waals surface area (Å²) in [6, 6.07) is 5.50. The number of hydrogen-bond acceptors (Lipinski definition) is 5. The van der Waals surface area contributed by atoms with Crippen LogP contribution in [0.2, 0.25) is 0 Å². The Bertz CT molecular complexity index is 953. The largest absolute Gasteiger partial charge is 0.344 e. The monoisotopic (exact) mass is 472 g/mol. The maximum absolute atomic E-state index is 12.8. The summed E-state index contributed by atoms with van der Waals surface area (Å²) in [5, 5.41) is 12.2. The lowest BCUT2D eigenvalue weighted by molar-refractivity contribution is -0.580. The van der Waals surface area contributed by atoms with Gasteiger partial charge in [0, 0.05) is 31.3 Å². The van der Waals surface area contributed by atoms with E-state index in [-0.39, 0.29) is 36.6 Å². The van der Waals surface area contributed by atoms with Crippen molar-refractivity contribution < 1.29 is 24.0 Å². The number of benzene rings is 1. The minimum atomic E-state index is -0.820. The van der Waals surface area contributed by atoms with Crippen molar-refractivity contribution in [1.82, 2.24) is 15.5 Å². The van der Waals surface area contributed by atoms with E-state index in [0.29, 0.717) is 18.8 Å². The van der Waals surface area contributed by atoms with Gasteiger partial charge in [0.25, 0.3) is 0 Å². The molecule has 11 heteroatoms. The molecule has 184 valence electrons. The molecule has 1 aromatic rings. The molecule has 2 rings (SSSR count). The second kappa shape index (κ2) is 12.5. The number of anilines is 1. The van der Waals surface area contributed by atoms with Crippen LogP contribution in [0.5, 0.6) is 0 Å². The molecule has 1 aliphatic rings. The summed E-state index contributed by atoms with van der Waals surface area (Å²) < 4.78 is 0. The lowest BCUT2D eigenvalue weighted by atomic mass is 10.0. The fourth-order valence-corrected chi connectivity index (χ4v) is 3.20. The van der Waals surface area contributed by atoms with E-state index in [1.807, 2.05) is 12.1 Å². The van der Waals surface area contributed by atoms with Crippen molar-refractivity contribution in [2.24, 2.45) is 16.9 Å². The highest BCUT2D eigenvalue weighted by Gasteiger charge is 2.27. The number of hydrogen-bond donors (Lipinski definition) is 4. The molecule has 0 bridgehead atoms. The minimum absolute atomic E-state index is 0.0881. The molecule has 4 amide bonds. The van der Waals surface area contributed by atoms with Gasteiger partial charge in [-0.05, 0) is 40.5 Å². The molecule has 0 radical (unpaired) electrons. The molecular formula is C23H34N7O4+. The van der Waals surface area contributed by atoms with Crippen LogP contribution in [0.25, 0.3) is 0 Å². The molecule has 0 aliphatic carbocycles. The fourth-order valence-electron chi connectivity index (χ4n) is 3.20. The lowest BCUT2D eigenvalue weighted by Crippen LogP contribution is -2.54. The van der Waals surface area contributed by atoms with Crippen molar-refractivity contribution >= 4 is 29.3 Å². The van der Waals surface area contributed by atoms with Crippen molar-refractivity contribution in [3.8, 4) is 0 Å². The Morgan fingerprint density at radius 1 is 1.12 bits per heavy atom. The van der Waals surface area contributed by atoms with Gasteiger partial charge in [-0.2, -0.15) is 5.84 Å². The van der Waals surface area contributed by atoms with Crippen molar-refractivity contribution in [1.29, 1.82) is 0 Å². The zero-order chi connectivity index (χ0) is 25.3. The molecule has 0 unspecified atom stereocenters. The Morgan fingerprint density at radius 2 is 1.79 bits per heavy atom. The van der Waals surface area contributed by atoms with Crippen molar-refractivity contribution in [2.45, 2.75) is 45.8 Å². The molecular weight excluding hydrogens is 438 g/mol. The molecule has 0 saturated carbocycles. The fraction of sp³-hybridized carbons (Fsp3) is 0.478. The minimum Gasteiger partial charge on any atom is -0.344 e. The number of hydrazine groups is 1. The first-order valence-corrected chi connectivity index (χ1v) is 11.2. The standard InChI is InChI=1S/C23H33N7O4/c1-15(2)21(28-19(31)11-13-30-12-5-6-20(30)32)23(34)26-16(3)22(33)27-18-9-7-17(8-10-18)14-25-29(4)24/h5-10,15-16,21H,11-14H2,1-4H3,(H4-,24,25,26,27,28,31,33,34)/p+1/t16-,21-/m0/s1. The summed E-state index contributed by atoms with van der Waals surface area (Å²) in [5.41, 5.74) is 1.51. The Balaban J connectivity index is 1.85. The first kappa shape index (κ1) is 26.5. The van der Waals surface area contributed by atoms with E-state index in [9.17, 15) is 19.2 Å². The zero-order valence-corrected chi connectivity index (χ0v) is 20.1. The summed E-state index contributed by atoms with van der Waals surface area (Å²) in [4.78, 5) is 52.1. The first-order valence-electron chi connectivity index (χ1n) is 11.2. The highest BCUT2D eigenvalue weighted by molar-refractivity contribution is 5.98. The van der Waals surface area contributed by atoms with Gasteiger partial charge in [0.05, 0.1) is 0 Å². The van der Waals surface area contributed by atoms with E-state index in [1.165, 1.54) is 10.9 Å². The summed E-state index contributed by atoms with van der Waals surface area (Å²) in [5.74, 6) is 3.96. The molecule has 0 saturated heterocycles. The van der Waals surface area contributed by atoms with E-state index in [0.717, 1.165) is 5.56 Å². The molecule has 0 aromatic heterocycles. The lowest BCUT2D eigenvalue weighted by Gasteiger charge is -2.24. The number of azo groups is 1. The summed E-state index contributed by atoms with van der Waals surface area (Å²) in [6.07, 6.45) is 3.30. The molecule has 5 N–H and O–H groups in total. The third kappa shape index (κ3) is 8.30. The number of amides is 4. The van der Waals surface area contributed by atoms with Gasteiger partial charge < -0.3 is 20.9 Å². The Labute approximate surface area is 199 Å². The predicted molar refractivity (Wildman–Crippen MR) is 126 cm³/mol. The van der Waals surface area contributed by atoms with Crippen LogP contribution in [0.1, 0.15) is 32.8 Å². The second-order valence-electron chi connectivity index (χ2n) is 8.52. The van der Waals surface area contributed by atoms with Crippen molar-refractivity contribution in [2.75, 3.05) is 25.5 Å². The smallest absolute Gasteiger partial charge is 0.246 e. The second-order valence-corrected chi connectivity index (χ2v) is 8.52. The van der Waals surface area contributed by atoms with Crippen LogP contribution in [0.4, 0.5) is 5.69 Å². The average Bonchev–Trinajstić information content (AvgIpc) is 3.19. The molecule has 0 fully saturated rings. The van der Waals surface area contributed by atoms with E-state index in [2.05, 4.69) is 21.1 Å². The Morgan fingerprint density at radius 3 is 2.35 bits per heavy atom. The van der Waals surface area contributed by atoms with E-state index < -0.39 is 18.0 Å². The highest BCUT2D eigenvalue weighted by atomic mass is 16.2. The van der Waals surface area contributed by atoms with Gasteiger partial charge in [-0.15, -0.1) is 0 Å². The van der Waals surface area contributed by atoms with E-state index in [1.54, 1.807) is 50.9 Å². The Hall–Kier alpha value is -3.76. The van der Waals surface area contributed by atoms with Gasteiger partial charge in [0.1, 0.15) is 18.6 Å². The number of carbonyl (C=O) groups is 4. The molecule has 34 heavy (non-hydrogen) atoms. The highest BCUT2D eigenvalue weighted by Crippen LogP contribution is 2.11. The van der Waals surface area contributed by atoms with Crippen LogP contribution in [-0.4, -0.2) is 65.6 Å². The van der Waals surface area contributed by atoms with Crippen molar-refractivity contribution in [3.63, 3.8) is 0 Å². The average molecular weight is 473 g/mol. The number of nitrogens with two attached hydrogens (primary N) is 1. The Kier molecular flexibility index (Phi) is 9.72. The molecule has 11 nitrogen and oxygen atoms in total. The van der Waals surface area contributed by atoms with E-state index in [4.69, 9.17) is 5.84 Å². The maximum atomic E-state index is 12.8. The third-order valence-corrected chi connectivity index (χ3v) is 5.22. The number of carbonyl (C=O) groups excluding carboxylic acids is 4. The van der Waals surface area contributed by atoms with Crippen molar-refractivity contribution in [3.05, 3.63) is 42.0 Å². The quantitative estimate of drug-likeness (QED) is 0.160. The van der Waals surface area contributed by atoms with Crippen LogP contribution in [0.3, 0.4) is 0 Å². The van der Waals surface area contributed by atoms with Gasteiger partial charge in [0.15, 0.2) is 7.05 Å².